The van der Waals surface area contributed by atoms with Gasteiger partial charge in [0.15, 0.2) is 5.78 Å². The Morgan fingerprint density at radius 2 is 1.73 bits per heavy atom. The maximum Gasteiger partial charge on any atom is 0.327 e. The number of urea groups is 1. The molecule has 2 aromatic carbocycles. The fraction of sp³-hybridized carbons (Fsp3) is 0.357. The number of aryl methyl sites for hydroxylation is 1. The molecule has 2 unspecified atom stereocenters. The number of carbonyl (C=O) groups is 4. The van der Waals surface area contributed by atoms with Crippen molar-refractivity contribution in [2.45, 2.75) is 50.4 Å². The molecule has 9 heteroatoms. The summed E-state index contributed by atoms with van der Waals surface area (Å²) in [4.78, 5) is 54.1. The zero-order valence-corrected chi connectivity index (χ0v) is 22.3. The summed E-state index contributed by atoms with van der Waals surface area (Å²) in [6.07, 6.45) is 4.17. The van der Waals surface area contributed by atoms with Crippen LogP contribution in [0.1, 0.15) is 47.2 Å². The molecule has 4 amide bonds. The lowest BCUT2D eigenvalue weighted by molar-refractivity contribution is -0.131. The number of thioether (sulfide) groups is 1. The molecule has 0 aliphatic carbocycles. The van der Waals surface area contributed by atoms with E-state index in [4.69, 9.17) is 11.6 Å². The highest BCUT2D eigenvalue weighted by atomic mass is 35.5. The molecular formula is C28H30ClN3O4S. The van der Waals surface area contributed by atoms with Crippen molar-refractivity contribution >= 4 is 47.0 Å². The van der Waals surface area contributed by atoms with E-state index in [9.17, 15) is 19.2 Å². The van der Waals surface area contributed by atoms with Crippen LogP contribution < -0.4 is 5.32 Å². The molecule has 2 atom stereocenters. The lowest BCUT2D eigenvalue weighted by Gasteiger charge is -2.41. The van der Waals surface area contributed by atoms with Gasteiger partial charge in [0.1, 0.15) is 5.25 Å². The summed E-state index contributed by atoms with van der Waals surface area (Å²) in [6, 6.07) is 13.7. The van der Waals surface area contributed by atoms with Crippen LogP contribution in [0.2, 0.25) is 5.02 Å². The summed E-state index contributed by atoms with van der Waals surface area (Å²) in [5.74, 6) is -0.454. The van der Waals surface area contributed by atoms with E-state index >= 15 is 0 Å². The molecule has 2 heterocycles. The lowest BCUT2D eigenvalue weighted by atomic mass is 10.0. The Hall–Kier alpha value is -3.10. The summed E-state index contributed by atoms with van der Waals surface area (Å²) < 4.78 is 0. The van der Waals surface area contributed by atoms with Crippen molar-refractivity contribution in [2.75, 3.05) is 13.1 Å². The van der Waals surface area contributed by atoms with Crippen molar-refractivity contribution in [1.82, 2.24) is 15.1 Å². The van der Waals surface area contributed by atoms with Crippen LogP contribution in [0.3, 0.4) is 0 Å². The van der Waals surface area contributed by atoms with Gasteiger partial charge in [0.25, 0.3) is 0 Å². The van der Waals surface area contributed by atoms with Crippen LogP contribution in [0, 0.1) is 6.92 Å². The predicted octanol–water partition coefficient (Wildman–Crippen LogP) is 4.97. The molecule has 2 aliphatic heterocycles. The first-order valence-corrected chi connectivity index (χ1v) is 13.7. The van der Waals surface area contributed by atoms with Crippen LogP contribution in [0.25, 0.3) is 0 Å². The minimum absolute atomic E-state index is 0.0196. The van der Waals surface area contributed by atoms with E-state index in [2.05, 4.69) is 5.32 Å². The van der Waals surface area contributed by atoms with Crippen molar-refractivity contribution in [3.63, 3.8) is 0 Å². The number of nitrogens with one attached hydrogen (secondary N) is 1. The van der Waals surface area contributed by atoms with Crippen LogP contribution >= 0.6 is 23.4 Å². The quantitative estimate of drug-likeness (QED) is 0.322. The number of hydrogen-bond donors (Lipinski definition) is 1. The van der Waals surface area contributed by atoms with Gasteiger partial charge in [-0.3, -0.25) is 19.3 Å². The van der Waals surface area contributed by atoms with Crippen LogP contribution in [0.15, 0.2) is 60.0 Å². The molecule has 7 nitrogen and oxygen atoms in total. The van der Waals surface area contributed by atoms with E-state index in [0.29, 0.717) is 42.8 Å². The molecule has 4 rings (SSSR count). The number of unbranched alkanes of at least 4 members (excludes halogenated alkanes) is 2. The van der Waals surface area contributed by atoms with Gasteiger partial charge in [0, 0.05) is 30.1 Å². The number of carbonyl (C=O) groups excluding carboxylic acids is 4. The molecular weight excluding hydrogens is 510 g/mol. The number of amides is 4. The average molecular weight is 540 g/mol. The molecule has 1 saturated heterocycles. The Balaban J connectivity index is 1.26. The average Bonchev–Trinajstić information content (AvgIpc) is 3.38. The molecule has 1 fully saturated rings. The Morgan fingerprint density at radius 3 is 2.46 bits per heavy atom. The maximum absolute atomic E-state index is 13.3. The molecule has 194 valence electrons. The number of ketones is 1. The SMILES string of the molecule is Cc1ccc(CNC(=O)CCCCCN2C(=O)C3SC=CC3N(CC(=O)c3ccc(Cl)cc3)C2=O)cc1. The number of Topliss-reactive ketones (excluding diaryl/α,β-unsaturated/α-hetero) is 1. The van der Waals surface area contributed by atoms with Crippen LogP contribution in [-0.2, 0) is 16.1 Å². The maximum atomic E-state index is 13.3. The number of hydrogen-bond acceptors (Lipinski definition) is 5. The standard InChI is InChI=1S/C28H30ClN3O4S/c1-19-6-8-20(9-7-19)17-30-25(34)5-3-2-4-15-31-27(35)26-23(14-16-37-26)32(28(31)36)18-24(33)21-10-12-22(29)13-11-21/h6-14,16,23,26H,2-5,15,17-18H2,1H3,(H,30,34). The minimum Gasteiger partial charge on any atom is -0.352 e. The Labute approximate surface area is 226 Å². The highest BCUT2D eigenvalue weighted by Gasteiger charge is 2.47. The van der Waals surface area contributed by atoms with Crippen molar-refractivity contribution in [3.05, 3.63) is 81.7 Å². The predicted molar refractivity (Wildman–Crippen MR) is 145 cm³/mol. The second kappa shape index (κ2) is 12.4. The van der Waals surface area contributed by atoms with E-state index in [1.54, 1.807) is 24.3 Å². The van der Waals surface area contributed by atoms with Gasteiger partial charge in [-0.2, -0.15) is 0 Å². The third-order valence-electron chi connectivity index (χ3n) is 6.53. The molecule has 37 heavy (non-hydrogen) atoms. The Morgan fingerprint density at radius 1 is 1.00 bits per heavy atom. The van der Waals surface area contributed by atoms with Gasteiger partial charge in [-0.25, -0.2) is 4.79 Å². The van der Waals surface area contributed by atoms with Crippen molar-refractivity contribution in [3.8, 4) is 0 Å². The number of fused-ring (bicyclic) bond motifs is 1. The molecule has 0 radical (unpaired) electrons. The minimum atomic E-state index is -0.448. The fourth-order valence-electron chi connectivity index (χ4n) is 4.38. The smallest absolute Gasteiger partial charge is 0.327 e. The van der Waals surface area contributed by atoms with Gasteiger partial charge >= 0.3 is 6.03 Å². The van der Waals surface area contributed by atoms with Crippen LogP contribution in [0.5, 0.6) is 0 Å². The highest BCUT2D eigenvalue weighted by molar-refractivity contribution is 8.03. The van der Waals surface area contributed by atoms with Crippen molar-refractivity contribution in [1.29, 1.82) is 0 Å². The molecule has 0 bridgehead atoms. The van der Waals surface area contributed by atoms with Gasteiger partial charge < -0.3 is 10.2 Å². The van der Waals surface area contributed by atoms with Gasteiger partial charge in [-0.15, -0.1) is 11.8 Å². The van der Waals surface area contributed by atoms with Crippen molar-refractivity contribution < 1.29 is 19.2 Å². The van der Waals surface area contributed by atoms with E-state index in [0.717, 1.165) is 5.56 Å². The van der Waals surface area contributed by atoms with E-state index < -0.39 is 17.3 Å². The largest absolute Gasteiger partial charge is 0.352 e. The lowest BCUT2D eigenvalue weighted by Crippen LogP contribution is -2.62. The topological polar surface area (TPSA) is 86.8 Å². The second-order valence-corrected chi connectivity index (χ2v) is 10.8. The van der Waals surface area contributed by atoms with Crippen LogP contribution in [0.4, 0.5) is 4.79 Å². The molecule has 0 spiro atoms. The number of rotatable bonds is 11. The van der Waals surface area contributed by atoms with E-state index in [1.165, 1.54) is 27.1 Å². The molecule has 2 aliphatic rings. The molecule has 2 aromatic rings. The zero-order valence-electron chi connectivity index (χ0n) is 20.7. The Kier molecular flexibility index (Phi) is 9.05. The monoisotopic (exact) mass is 539 g/mol. The number of imide groups is 1. The zero-order chi connectivity index (χ0) is 26.4. The van der Waals surface area contributed by atoms with Crippen LogP contribution in [-0.4, -0.2) is 57.8 Å². The Bertz CT molecular complexity index is 1180. The third kappa shape index (κ3) is 6.81. The first kappa shape index (κ1) is 26.9. The van der Waals surface area contributed by atoms with Crippen molar-refractivity contribution in [2.24, 2.45) is 0 Å². The normalized spacial score (nSPS) is 18.8. The van der Waals surface area contributed by atoms with E-state index in [-0.39, 0.29) is 30.7 Å². The third-order valence-corrected chi connectivity index (χ3v) is 7.87. The second-order valence-electron chi connectivity index (χ2n) is 9.28. The summed E-state index contributed by atoms with van der Waals surface area (Å²) in [7, 11) is 0. The molecule has 0 aromatic heterocycles. The first-order valence-electron chi connectivity index (χ1n) is 12.4. The summed E-state index contributed by atoms with van der Waals surface area (Å²) in [6.45, 7) is 2.66. The summed E-state index contributed by atoms with van der Waals surface area (Å²) in [5.41, 5.74) is 2.69. The number of benzene rings is 2. The van der Waals surface area contributed by atoms with E-state index in [1.807, 2.05) is 42.7 Å². The summed E-state index contributed by atoms with van der Waals surface area (Å²) in [5, 5.41) is 4.83. The molecule has 0 saturated carbocycles. The van der Waals surface area contributed by atoms with Gasteiger partial charge in [0.2, 0.25) is 11.8 Å². The highest BCUT2D eigenvalue weighted by Crippen LogP contribution is 2.34. The fourth-order valence-corrected chi connectivity index (χ4v) is 5.57. The number of halogens is 1. The molecule has 1 N–H and O–H groups in total. The first-order chi connectivity index (χ1) is 17.8. The van der Waals surface area contributed by atoms with Gasteiger partial charge in [-0.05, 0) is 55.0 Å². The van der Waals surface area contributed by atoms with Gasteiger partial charge in [0.05, 0.1) is 12.6 Å². The summed E-state index contributed by atoms with van der Waals surface area (Å²) >= 11 is 7.29. The van der Waals surface area contributed by atoms with Gasteiger partial charge in [-0.1, -0.05) is 53.9 Å². The number of nitrogens with zero attached hydrogens (tertiary/aromatic N) is 2.